The molecule has 1 unspecified atom stereocenters. The van der Waals surface area contributed by atoms with Crippen molar-refractivity contribution in [1.29, 1.82) is 0 Å². The standard InChI is InChI=1S/C64H112O6/c1-4-7-10-13-16-19-22-25-28-31-32-34-36-39-42-45-48-51-54-57-63(66)69-60-61(59-68-62(65)56-53-50-47-44-41-38-35-30-27-24-21-18-15-12-9-6-3)70-64(67)58-55-52-49-46-43-40-37-33-29-26-23-20-17-14-11-8-5-2/h7,10,16,19,25,28,32,34,39,42,48,51,61H,4-6,8-9,11-15,17-18,20-24,26-27,29-31,33,35-38,40-41,43-47,49-50,52-60H2,1-3H3/b10-7-,19-16-,28-25-,34-32-,42-39-,51-48-. The Morgan fingerprint density at radius 3 is 0.871 bits per heavy atom. The Kier molecular flexibility index (Phi) is 55.8. The van der Waals surface area contributed by atoms with Crippen LogP contribution in [-0.4, -0.2) is 37.2 Å². The largest absolute Gasteiger partial charge is 0.462 e. The van der Waals surface area contributed by atoms with Crippen LogP contribution in [0.4, 0.5) is 0 Å². The number of allylic oxidation sites excluding steroid dienone is 12. The van der Waals surface area contributed by atoms with Gasteiger partial charge in [0, 0.05) is 19.3 Å². The van der Waals surface area contributed by atoms with Crippen molar-refractivity contribution in [3.8, 4) is 0 Å². The second kappa shape index (κ2) is 58.4. The van der Waals surface area contributed by atoms with Crippen LogP contribution in [0, 0.1) is 0 Å². The summed E-state index contributed by atoms with van der Waals surface area (Å²) < 4.78 is 16.8. The maximum absolute atomic E-state index is 12.9. The highest BCUT2D eigenvalue weighted by atomic mass is 16.6. The van der Waals surface area contributed by atoms with E-state index in [1.165, 1.54) is 173 Å². The van der Waals surface area contributed by atoms with Crippen molar-refractivity contribution in [3.63, 3.8) is 0 Å². The number of ether oxygens (including phenoxy) is 3. The molecule has 1 atom stereocenters. The maximum Gasteiger partial charge on any atom is 0.306 e. The summed E-state index contributed by atoms with van der Waals surface area (Å²) in [6, 6.07) is 0. The summed E-state index contributed by atoms with van der Waals surface area (Å²) in [5, 5.41) is 0. The van der Waals surface area contributed by atoms with Crippen molar-refractivity contribution >= 4 is 17.9 Å². The highest BCUT2D eigenvalue weighted by Gasteiger charge is 2.19. The van der Waals surface area contributed by atoms with E-state index in [1.54, 1.807) is 0 Å². The molecular formula is C64H112O6. The Labute approximate surface area is 433 Å². The van der Waals surface area contributed by atoms with E-state index in [1.807, 2.05) is 6.08 Å². The van der Waals surface area contributed by atoms with Crippen LogP contribution >= 0.6 is 0 Å². The SMILES string of the molecule is CC/C=C\C/C=C\C/C=C\C/C=C\C/C=C\C/C=C\CCC(=O)OCC(COC(=O)CCCCCCCCCCCCCCCCCC)OC(=O)CCCCCCCCCCCCCCCCCCC. The van der Waals surface area contributed by atoms with Crippen LogP contribution in [0.1, 0.15) is 297 Å². The van der Waals surface area contributed by atoms with Gasteiger partial charge in [0.15, 0.2) is 6.10 Å². The minimum absolute atomic E-state index is 0.0943. The van der Waals surface area contributed by atoms with Crippen molar-refractivity contribution in [1.82, 2.24) is 0 Å². The molecule has 0 aromatic rings. The van der Waals surface area contributed by atoms with Gasteiger partial charge in [0.2, 0.25) is 0 Å². The van der Waals surface area contributed by atoms with E-state index in [0.717, 1.165) is 77.0 Å². The van der Waals surface area contributed by atoms with Gasteiger partial charge in [0.05, 0.1) is 0 Å². The fourth-order valence-electron chi connectivity index (χ4n) is 8.53. The lowest BCUT2D eigenvalue weighted by molar-refractivity contribution is -0.166. The lowest BCUT2D eigenvalue weighted by Gasteiger charge is -2.18. The quantitative estimate of drug-likeness (QED) is 0.0261. The van der Waals surface area contributed by atoms with Gasteiger partial charge in [-0.15, -0.1) is 0 Å². The molecule has 0 heterocycles. The van der Waals surface area contributed by atoms with E-state index in [-0.39, 0.29) is 37.5 Å². The molecule has 0 aliphatic heterocycles. The van der Waals surface area contributed by atoms with Gasteiger partial charge in [0.25, 0.3) is 0 Å². The van der Waals surface area contributed by atoms with E-state index in [4.69, 9.17) is 14.2 Å². The van der Waals surface area contributed by atoms with Crippen LogP contribution in [-0.2, 0) is 28.6 Å². The maximum atomic E-state index is 12.9. The summed E-state index contributed by atoms with van der Waals surface area (Å²) in [4.78, 5) is 38.2. The van der Waals surface area contributed by atoms with Gasteiger partial charge in [-0.1, -0.05) is 293 Å². The smallest absolute Gasteiger partial charge is 0.306 e. The zero-order chi connectivity index (χ0) is 50.7. The molecule has 0 aromatic heterocycles. The number of esters is 3. The predicted molar refractivity (Wildman–Crippen MR) is 302 cm³/mol. The molecule has 70 heavy (non-hydrogen) atoms. The first-order chi connectivity index (χ1) is 34.5. The molecule has 0 saturated carbocycles. The molecule has 0 aliphatic rings. The van der Waals surface area contributed by atoms with Crippen LogP contribution in [0.3, 0.4) is 0 Å². The molecule has 0 radical (unpaired) electrons. The third kappa shape index (κ3) is 55.8. The van der Waals surface area contributed by atoms with Gasteiger partial charge in [-0.05, 0) is 57.8 Å². The third-order valence-corrected chi connectivity index (χ3v) is 13.0. The molecule has 6 heteroatoms. The molecule has 0 bridgehead atoms. The molecule has 0 N–H and O–H groups in total. The van der Waals surface area contributed by atoms with Crippen molar-refractivity contribution in [2.45, 2.75) is 303 Å². The molecule has 404 valence electrons. The summed E-state index contributed by atoms with van der Waals surface area (Å²) in [5.41, 5.74) is 0. The average molecular weight is 978 g/mol. The Balaban J connectivity index is 4.46. The molecule has 0 aliphatic carbocycles. The van der Waals surface area contributed by atoms with Crippen LogP contribution < -0.4 is 0 Å². The molecule has 0 amide bonds. The molecule has 6 nitrogen and oxygen atoms in total. The summed E-state index contributed by atoms with van der Waals surface area (Å²) in [5.74, 6) is -0.967. The predicted octanol–water partition coefficient (Wildman–Crippen LogP) is 20.2. The normalized spacial score (nSPS) is 12.6. The van der Waals surface area contributed by atoms with Crippen LogP contribution in [0.2, 0.25) is 0 Å². The van der Waals surface area contributed by atoms with Crippen LogP contribution in [0.15, 0.2) is 72.9 Å². The van der Waals surface area contributed by atoms with E-state index >= 15 is 0 Å². The van der Waals surface area contributed by atoms with Gasteiger partial charge in [-0.3, -0.25) is 14.4 Å². The van der Waals surface area contributed by atoms with Crippen molar-refractivity contribution in [2.24, 2.45) is 0 Å². The second-order valence-corrected chi connectivity index (χ2v) is 19.9. The summed E-state index contributed by atoms with van der Waals surface area (Å²) >= 11 is 0. The second-order valence-electron chi connectivity index (χ2n) is 19.9. The third-order valence-electron chi connectivity index (χ3n) is 13.0. The number of rotatable bonds is 54. The zero-order valence-electron chi connectivity index (χ0n) is 46.3. The molecule has 0 saturated heterocycles. The average Bonchev–Trinajstić information content (AvgIpc) is 3.36. The highest BCUT2D eigenvalue weighted by molar-refractivity contribution is 5.71. The van der Waals surface area contributed by atoms with Gasteiger partial charge in [0.1, 0.15) is 13.2 Å². The van der Waals surface area contributed by atoms with E-state index < -0.39 is 6.10 Å². The first kappa shape index (κ1) is 66.9. The number of carbonyl (C=O) groups excluding carboxylic acids is 3. The Morgan fingerprint density at radius 1 is 0.300 bits per heavy atom. The fourth-order valence-corrected chi connectivity index (χ4v) is 8.53. The van der Waals surface area contributed by atoms with Gasteiger partial charge in [-0.25, -0.2) is 0 Å². The Bertz CT molecular complexity index is 1310. The fraction of sp³-hybridized carbons (Fsp3) is 0.766. The highest BCUT2D eigenvalue weighted by Crippen LogP contribution is 2.17. The van der Waals surface area contributed by atoms with Crippen molar-refractivity contribution in [3.05, 3.63) is 72.9 Å². The molecular weight excluding hydrogens is 865 g/mol. The van der Waals surface area contributed by atoms with Crippen LogP contribution in [0.25, 0.3) is 0 Å². The topological polar surface area (TPSA) is 78.9 Å². The van der Waals surface area contributed by atoms with Gasteiger partial charge < -0.3 is 14.2 Å². The van der Waals surface area contributed by atoms with Crippen molar-refractivity contribution in [2.75, 3.05) is 13.2 Å². The van der Waals surface area contributed by atoms with Gasteiger partial charge >= 0.3 is 17.9 Å². The van der Waals surface area contributed by atoms with E-state index in [2.05, 4.69) is 87.6 Å². The van der Waals surface area contributed by atoms with E-state index in [9.17, 15) is 14.4 Å². The Morgan fingerprint density at radius 2 is 0.557 bits per heavy atom. The monoisotopic (exact) mass is 977 g/mol. The summed E-state index contributed by atoms with van der Waals surface area (Å²) in [7, 11) is 0. The first-order valence-corrected chi connectivity index (χ1v) is 29.9. The summed E-state index contributed by atoms with van der Waals surface area (Å²) in [6.07, 6.45) is 74.8. The minimum atomic E-state index is -0.803. The first-order valence-electron chi connectivity index (χ1n) is 29.9. The molecule has 0 fully saturated rings. The lowest BCUT2D eigenvalue weighted by Crippen LogP contribution is -2.30. The Hall–Kier alpha value is -3.15. The number of carbonyl (C=O) groups is 3. The van der Waals surface area contributed by atoms with E-state index in [0.29, 0.717) is 19.3 Å². The zero-order valence-corrected chi connectivity index (χ0v) is 46.3. The number of hydrogen-bond donors (Lipinski definition) is 0. The molecule has 0 spiro atoms. The summed E-state index contributed by atoms with van der Waals surface area (Å²) in [6.45, 7) is 6.50. The molecule has 0 aromatic carbocycles. The molecule has 0 rings (SSSR count). The lowest BCUT2D eigenvalue weighted by atomic mass is 10.0. The number of unbranched alkanes of at least 4 members (excludes halogenated alkanes) is 31. The van der Waals surface area contributed by atoms with Crippen molar-refractivity contribution < 1.29 is 28.6 Å². The number of hydrogen-bond acceptors (Lipinski definition) is 6. The minimum Gasteiger partial charge on any atom is -0.462 e. The van der Waals surface area contributed by atoms with Gasteiger partial charge in [-0.2, -0.15) is 0 Å². The van der Waals surface area contributed by atoms with Crippen LogP contribution in [0.5, 0.6) is 0 Å².